The van der Waals surface area contributed by atoms with Crippen molar-refractivity contribution in [2.75, 3.05) is 36.8 Å². The highest BCUT2D eigenvalue weighted by Crippen LogP contribution is 2.35. The van der Waals surface area contributed by atoms with Crippen molar-refractivity contribution < 1.29 is 13.2 Å². The second-order valence-electron chi connectivity index (χ2n) is 7.43. The third-order valence-corrected chi connectivity index (χ3v) is 8.91. The second-order valence-corrected chi connectivity index (χ2v) is 11.4. The van der Waals surface area contributed by atoms with Gasteiger partial charge in [0.15, 0.2) is 15.0 Å². The number of carbonyl (C=O) groups is 1. The average molecular weight is 498 g/mol. The van der Waals surface area contributed by atoms with Crippen LogP contribution in [-0.4, -0.2) is 56.1 Å². The van der Waals surface area contributed by atoms with Gasteiger partial charge >= 0.3 is 0 Å². The Balaban J connectivity index is 1.35. The zero-order valence-corrected chi connectivity index (χ0v) is 20.0. The van der Waals surface area contributed by atoms with E-state index in [0.717, 1.165) is 20.9 Å². The van der Waals surface area contributed by atoms with Crippen molar-refractivity contribution in [1.82, 2.24) is 9.88 Å². The lowest BCUT2D eigenvalue weighted by molar-refractivity contribution is -0.131. The molecule has 1 saturated heterocycles. The fourth-order valence-electron chi connectivity index (χ4n) is 3.51. The first-order valence-corrected chi connectivity index (χ1v) is 13.0. The Bertz CT molecular complexity index is 1180. The van der Waals surface area contributed by atoms with E-state index in [1.54, 1.807) is 16.2 Å². The van der Waals surface area contributed by atoms with Crippen molar-refractivity contribution in [3.8, 4) is 0 Å². The van der Waals surface area contributed by atoms with Gasteiger partial charge in [-0.3, -0.25) is 4.79 Å². The van der Waals surface area contributed by atoms with E-state index < -0.39 is 9.84 Å². The van der Waals surface area contributed by atoms with Gasteiger partial charge in [-0.2, -0.15) is 0 Å². The zero-order valence-electron chi connectivity index (χ0n) is 16.8. The maximum atomic E-state index is 12.6. The molecule has 0 unspecified atom stereocenters. The number of halogens is 2. The second kappa shape index (κ2) is 8.94. The lowest BCUT2D eigenvalue weighted by Crippen LogP contribution is -2.49. The van der Waals surface area contributed by atoms with Crippen LogP contribution in [0.25, 0.3) is 10.2 Å². The Hall–Kier alpha value is -1.87. The lowest BCUT2D eigenvalue weighted by atomic mass is 10.2. The van der Waals surface area contributed by atoms with Crippen LogP contribution in [0.2, 0.25) is 10.0 Å². The number of thiazole rings is 1. The quantitative estimate of drug-likeness (QED) is 0.521. The van der Waals surface area contributed by atoms with Crippen LogP contribution in [0.5, 0.6) is 0 Å². The predicted molar refractivity (Wildman–Crippen MR) is 126 cm³/mol. The van der Waals surface area contributed by atoms with Crippen molar-refractivity contribution in [2.45, 2.75) is 18.2 Å². The SMILES string of the molecule is Cc1ccc(Cl)c2sc(N3CCN(C(=O)CCS(=O)(=O)c4ccc(Cl)cc4)CC3)nc12. The number of benzene rings is 2. The van der Waals surface area contributed by atoms with Gasteiger partial charge in [0.25, 0.3) is 0 Å². The number of piperazine rings is 1. The first kappa shape index (κ1) is 22.3. The largest absolute Gasteiger partial charge is 0.345 e. The van der Waals surface area contributed by atoms with E-state index in [2.05, 4.69) is 4.90 Å². The molecule has 0 saturated carbocycles. The van der Waals surface area contributed by atoms with Gasteiger partial charge in [0.05, 0.1) is 25.9 Å². The van der Waals surface area contributed by atoms with E-state index in [1.807, 2.05) is 19.1 Å². The van der Waals surface area contributed by atoms with E-state index in [1.165, 1.54) is 24.3 Å². The molecule has 1 aromatic heterocycles. The molecule has 1 aliphatic rings. The minimum absolute atomic E-state index is 0.0408. The number of anilines is 1. The van der Waals surface area contributed by atoms with Gasteiger partial charge in [-0.05, 0) is 42.8 Å². The van der Waals surface area contributed by atoms with Crippen LogP contribution in [0.3, 0.4) is 0 Å². The summed E-state index contributed by atoms with van der Waals surface area (Å²) in [6, 6.07) is 9.84. The number of sulfone groups is 1. The number of nitrogens with zero attached hydrogens (tertiary/aromatic N) is 3. The third-order valence-electron chi connectivity index (χ3n) is 5.35. The van der Waals surface area contributed by atoms with Gasteiger partial charge in [0, 0.05) is 37.6 Å². The van der Waals surface area contributed by atoms with Crippen LogP contribution < -0.4 is 4.90 Å². The standard InChI is InChI=1S/C21H21Cl2N3O3S2/c1-14-2-7-17(23)20-19(14)24-21(30-20)26-11-9-25(10-12-26)18(27)8-13-31(28,29)16-5-3-15(22)4-6-16/h2-7H,8-13H2,1H3. The normalized spacial score (nSPS) is 14.9. The number of hydrogen-bond donors (Lipinski definition) is 0. The molecule has 31 heavy (non-hydrogen) atoms. The van der Waals surface area contributed by atoms with Crippen LogP contribution >= 0.6 is 34.5 Å². The maximum Gasteiger partial charge on any atom is 0.223 e. The fourth-order valence-corrected chi connectivity index (χ4v) is 6.24. The summed E-state index contributed by atoms with van der Waals surface area (Å²) in [4.78, 5) is 21.4. The molecule has 0 aliphatic carbocycles. The summed E-state index contributed by atoms with van der Waals surface area (Å²) in [6.07, 6.45) is -0.0408. The molecule has 164 valence electrons. The van der Waals surface area contributed by atoms with Crippen molar-refractivity contribution in [3.63, 3.8) is 0 Å². The Kier molecular flexibility index (Phi) is 6.44. The maximum absolute atomic E-state index is 12.6. The summed E-state index contributed by atoms with van der Waals surface area (Å²) >= 11 is 13.7. The van der Waals surface area contributed by atoms with Gasteiger partial charge in [-0.25, -0.2) is 13.4 Å². The molecule has 2 heterocycles. The first-order chi connectivity index (χ1) is 14.7. The highest BCUT2D eigenvalue weighted by Gasteiger charge is 2.25. The highest BCUT2D eigenvalue weighted by molar-refractivity contribution is 7.91. The molecule has 0 atom stereocenters. The summed E-state index contributed by atoms with van der Waals surface area (Å²) < 4.78 is 25.9. The van der Waals surface area contributed by atoms with Crippen LogP contribution in [-0.2, 0) is 14.6 Å². The molecule has 10 heteroatoms. The van der Waals surface area contributed by atoms with Crippen molar-refractivity contribution >= 4 is 65.6 Å². The number of fused-ring (bicyclic) bond motifs is 1. The molecule has 4 rings (SSSR count). The van der Waals surface area contributed by atoms with E-state index in [9.17, 15) is 13.2 Å². The van der Waals surface area contributed by atoms with Crippen molar-refractivity contribution in [3.05, 3.63) is 52.0 Å². The van der Waals surface area contributed by atoms with Gasteiger partial charge in [0.1, 0.15) is 0 Å². The minimum Gasteiger partial charge on any atom is -0.345 e. The number of aryl methyl sites for hydroxylation is 1. The molecule has 6 nitrogen and oxygen atoms in total. The predicted octanol–water partition coefficient (Wildman–Crippen LogP) is 4.42. The topological polar surface area (TPSA) is 70.6 Å². The molecule has 0 N–H and O–H groups in total. The van der Waals surface area contributed by atoms with Crippen LogP contribution in [0.15, 0.2) is 41.3 Å². The van der Waals surface area contributed by atoms with Gasteiger partial charge < -0.3 is 9.80 Å². The number of amides is 1. The zero-order chi connectivity index (χ0) is 22.2. The highest BCUT2D eigenvalue weighted by atomic mass is 35.5. The molecule has 1 fully saturated rings. The molecular weight excluding hydrogens is 477 g/mol. The molecule has 2 aromatic carbocycles. The first-order valence-electron chi connectivity index (χ1n) is 9.81. The van der Waals surface area contributed by atoms with Crippen LogP contribution in [0.4, 0.5) is 5.13 Å². The summed E-state index contributed by atoms with van der Waals surface area (Å²) in [5, 5.41) is 2.06. The molecule has 1 aliphatic heterocycles. The van der Waals surface area contributed by atoms with Gasteiger partial charge in [-0.1, -0.05) is 40.6 Å². The number of carbonyl (C=O) groups excluding carboxylic acids is 1. The minimum atomic E-state index is -3.52. The number of aromatic nitrogens is 1. The summed E-state index contributed by atoms with van der Waals surface area (Å²) in [6.45, 7) is 4.36. The average Bonchev–Trinajstić information content (AvgIpc) is 3.22. The summed E-state index contributed by atoms with van der Waals surface area (Å²) in [5.74, 6) is -0.371. The van der Waals surface area contributed by atoms with Crippen molar-refractivity contribution in [1.29, 1.82) is 0 Å². The van der Waals surface area contributed by atoms with Crippen LogP contribution in [0, 0.1) is 6.92 Å². The lowest BCUT2D eigenvalue weighted by Gasteiger charge is -2.34. The fraction of sp³-hybridized carbons (Fsp3) is 0.333. The Labute approximate surface area is 195 Å². The molecule has 3 aromatic rings. The van der Waals surface area contributed by atoms with Crippen LogP contribution in [0.1, 0.15) is 12.0 Å². The molecule has 0 spiro atoms. The smallest absolute Gasteiger partial charge is 0.223 e. The molecule has 1 amide bonds. The Morgan fingerprint density at radius 1 is 1.06 bits per heavy atom. The molecule has 0 bridgehead atoms. The van der Waals surface area contributed by atoms with E-state index >= 15 is 0 Å². The molecule has 0 radical (unpaired) electrons. The van der Waals surface area contributed by atoms with Gasteiger partial charge in [-0.15, -0.1) is 0 Å². The third kappa shape index (κ3) is 4.82. The van der Waals surface area contributed by atoms with E-state index in [0.29, 0.717) is 36.2 Å². The monoisotopic (exact) mass is 497 g/mol. The molecular formula is C21H21Cl2N3O3S2. The van der Waals surface area contributed by atoms with E-state index in [-0.39, 0.29) is 23.0 Å². The summed E-state index contributed by atoms with van der Waals surface area (Å²) in [7, 11) is -3.52. The Morgan fingerprint density at radius 3 is 2.39 bits per heavy atom. The van der Waals surface area contributed by atoms with E-state index in [4.69, 9.17) is 28.2 Å². The summed E-state index contributed by atoms with van der Waals surface area (Å²) in [5.41, 5.74) is 2.00. The van der Waals surface area contributed by atoms with Gasteiger partial charge in [0.2, 0.25) is 5.91 Å². The van der Waals surface area contributed by atoms with Crippen molar-refractivity contribution in [2.24, 2.45) is 0 Å². The number of rotatable bonds is 5. The Morgan fingerprint density at radius 2 is 1.74 bits per heavy atom. The number of hydrogen-bond acceptors (Lipinski definition) is 6.